The van der Waals surface area contributed by atoms with Gasteiger partial charge in [0.1, 0.15) is 15.9 Å². The van der Waals surface area contributed by atoms with Crippen LogP contribution < -0.4 is 16.4 Å². The number of hydrogen-bond donors (Lipinski definition) is 4. The molecule has 104 valence electrons. The lowest BCUT2D eigenvalue weighted by Crippen LogP contribution is -2.48. The molecule has 0 aliphatic heterocycles. The third kappa shape index (κ3) is 8.33. The Labute approximate surface area is 104 Å². The van der Waals surface area contributed by atoms with Crippen LogP contribution in [0.1, 0.15) is 6.42 Å². The zero-order valence-electron chi connectivity index (χ0n) is 9.67. The van der Waals surface area contributed by atoms with Crippen molar-refractivity contribution in [1.82, 2.24) is 10.6 Å². The van der Waals surface area contributed by atoms with E-state index in [4.69, 9.17) is 10.8 Å². The number of primary amides is 1. The molecule has 0 aromatic heterocycles. The number of carbonyl (C=O) groups excluding carboxylic acids is 2. The third-order valence-corrected chi connectivity index (χ3v) is 2.71. The van der Waals surface area contributed by atoms with Crippen molar-refractivity contribution in [3.05, 3.63) is 0 Å². The molecule has 18 heavy (non-hydrogen) atoms. The fourth-order valence-electron chi connectivity index (χ4n) is 0.960. The van der Waals surface area contributed by atoms with Gasteiger partial charge in [0, 0.05) is 12.8 Å². The number of carboxylic acids is 1. The van der Waals surface area contributed by atoms with E-state index < -0.39 is 40.2 Å². The lowest BCUT2D eigenvalue weighted by molar-refractivity contribution is -0.140. The van der Waals surface area contributed by atoms with E-state index in [1.165, 1.54) is 0 Å². The first-order valence-electron chi connectivity index (χ1n) is 4.85. The summed E-state index contributed by atoms with van der Waals surface area (Å²) in [5.41, 5.74) is 4.81. The molecule has 0 rings (SSSR count). The Morgan fingerprint density at radius 2 is 1.89 bits per heavy atom. The summed E-state index contributed by atoms with van der Waals surface area (Å²) < 4.78 is 21.5. The molecule has 0 unspecified atom stereocenters. The number of amides is 3. The predicted molar refractivity (Wildman–Crippen MR) is 61.5 cm³/mol. The fourth-order valence-corrected chi connectivity index (χ4v) is 1.43. The minimum absolute atomic E-state index is 0.159. The molecule has 0 bridgehead atoms. The molecule has 0 fully saturated rings. The SMILES string of the molecule is CS(=O)(=O)CCNC(=O)N[C@H](CC(N)=O)C(=O)O. The van der Waals surface area contributed by atoms with E-state index >= 15 is 0 Å². The molecule has 0 heterocycles. The summed E-state index contributed by atoms with van der Waals surface area (Å²) in [6, 6.07) is -2.33. The largest absolute Gasteiger partial charge is 0.480 e. The molecule has 0 radical (unpaired) electrons. The van der Waals surface area contributed by atoms with Crippen LogP contribution in [0.15, 0.2) is 0 Å². The number of aliphatic carboxylic acids is 1. The van der Waals surface area contributed by atoms with Crippen LogP contribution in [0.25, 0.3) is 0 Å². The van der Waals surface area contributed by atoms with E-state index in [-0.39, 0.29) is 12.3 Å². The van der Waals surface area contributed by atoms with Crippen molar-refractivity contribution in [1.29, 1.82) is 0 Å². The monoisotopic (exact) mass is 281 g/mol. The quantitative estimate of drug-likeness (QED) is 0.409. The Hall–Kier alpha value is -1.84. The Morgan fingerprint density at radius 1 is 1.33 bits per heavy atom. The van der Waals surface area contributed by atoms with Gasteiger partial charge in [-0.1, -0.05) is 0 Å². The third-order valence-electron chi connectivity index (χ3n) is 1.77. The molecule has 1 atom stereocenters. The van der Waals surface area contributed by atoms with Crippen molar-refractivity contribution >= 4 is 27.7 Å². The number of hydrogen-bond acceptors (Lipinski definition) is 5. The van der Waals surface area contributed by atoms with Crippen LogP contribution in [0.4, 0.5) is 4.79 Å². The topological polar surface area (TPSA) is 156 Å². The van der Waals surface area contributed by atoms with Crippen molar-refractivity contribution < 1.29 is 27.9 Å². The minimum Gasteiger partial charge on any atom is -0.480 e. The lowest BCUT2D eigenvalue weighted by atomic mass is 10.2. The second-order valence-electron chi connectivity index (χ2n) is 3.59. The first kappa shape index (κ1) is 16.2. The maximum Gasteiger partial charge on any atom is 0.326 e. The molecule has 0 aromatic carbocycles. The summed E-state index contributed by atoms with van der Waals surface area (Å²) in [7, 11) is -3.22. The van der Waals surface area contributed by atoms with Gasteiger partial charge in [0.15, 0.2) is 0 Å². The number of urea groups is 1. The molecule has 0 aliphatic rings. The average molecular weight is 281 g/mol. The molecule has 0 aromatic rings. The van der Waals surface area contributed by atoms with Gasteiger partial charge in [-0.25, -0.2) is 18.0 Å². The second kappa shape index (κ2) is 6.79. The van der Waals surface area contributed by atoms with E-state index in [1.807, 2.05) is 5.32 Å². The first-order chi connectivity index (χ1) is 8.11. The highest BCUT2D eigenvalue weighted by atomic mass is 32.2. The Kier molecular flexibility index (Phi) is 6.09. The number of nitrogens with two attached hydrogens (primary N) is 1. The zero-order valence-corrected chi connectivity index (χ0v) is 10.5. The van der Waals surface area contributed by atoms with Crippen LogP contribution >= 0.6 is 0 Å². The lowest BCUT2D eigenvalue weighted by Gasteiger charge is -2.13. The van der Waals surface area contributed by atoms with Crippen molar-refractivity contribution in [3.63, 3.8) is 0 Å². The van der Waals surface area contributed by atoms with Crippen molar-refractivity contribution in [2.75, 3.05) is 18.6 Å². The van der Waals surface area contributed by atoms with E-state index in [9.17, 15) is 22.8 Å². The predicted octanol–water partition coefficient (Wildman–Crippen LogP) is -2.34. The summed E-state index contributed by atoms with van der Waals surface area (Å²) in [4.78, 5) is 32.4. The van der Waals surface area contributed by atoms with Crippen molar-refractivity contribution in [3.8, 4) is 0 Å². The Bertz CT molecular complexity index is 432. The smallest absolute Gasteiger partial charge is 0.326 e. The van der Waals surface area contributed by atoms with Gasteiger partial charge in [-0.05, 0) is 0 Å². The van der Waals surface area contributed by atoms with Gasteiger partial charge in [0.25, 0.3) is 0 Å². The van der Waals surface area contributed by atoms with Crippen LogP contribution in [0.5, 0.6) is 0 Å². The molecular formula is C8H15N3O6S. The second-order valence-corrected chi connectivity index (χ2v) is 5.85. The summed E-state index contributed by atoms with van der Waals surface area (Å²) in [5.74, 6) is -2.56. The zero-order chi connectivity index (χ0) is 14.3. The molecule has 0 saturated carbocycles. The highest BCUT2D eigenvalue weighted by molar-refractivity contribution is 7.90. The Balaban J connectivity index is 4.19. The van der Waals surface area contributed by atoms with Gasteiger partial charge in [0.05, 0.1) is 12.2 Å². The number of carboxylic acid groups (broad SMARTS) is 1. The number of rotatable bonds is 7. The average Bonchev–Trinajstić information content (AvgIpc) is 2.13. The number of sulfone groups is 1. The van der Waals surface area contributed by atoms with E-state index in [1.54, 1.807) is 0 Å². The molecule has 10 heteroatoms. The highest BCUT2D eigenvalue weighted by Crippen LogP contribution is 1.91. The molecule has 0 aliphatic carbocycles. The van der Waals surface area contributed by atoms with E-state index in [0.717, 1.165) is 6.26 Å². The molecular weight excluding hydrogens is 266 g/mol. The van der Waals surface area contributed by atoms with Gasteiger partial charge in [-0.15, -0.1) is 0 Å². The van der Waals surface area contributed by atoms with Crippen LogP contribution in [0, 0.1) is 0 Å². The van der Waals surface area contributed by atoms with Gasteiger partial charge in [-0.3, -0.25) is 4.79 Å². The molecule has 9 nitrogen and oxygen atoms in total. The van der Waals surface area contributed by atoms with Crippen LogP contribution in [0.3, 0.4) is 0 Å². The maximum atomic E-state index is 11.2. The van der Waals surface area contributed by atoms with Crippen molar-refractivity contribution in [2.24, 2.45) is 5.73 Å². The molecule has 3 amide bonds. The van der Waals surface area contributed by atoms with Crippen LogP contribution in [-0.4, -0.2) is 56.0 Å². The summed E-state index contributed by atoms with van der Waals surface area (Å²) in [6.45, 7) is -0.159. The summed E-state index contributed by atoms with van der Waals surface area (Å²) in [5, 5.41) is 12.8. The molecule has 0 saturated heterocycles. The normalized spacial score (nSPS) is 12.5. The summed E-state index contributed by atoms with van der Waals surface area (Å²) >= 11 is 0. The van der Waals surface area contributed by atoms with Gasteiger partial charge in [-0.2, -0.15) is 0 Å². The van der Waals surface area contributed by atoms with E-state index in [0.29, 0.717) is 0 Å². The van der Waals surface area contributed by atoms with E-state index in [2.05, 4.69) is 5.32 Å². The van der Waals surface area contributed by atoms with Gasteiger partial charge >= 0.3 is 12.0 Å². The number of carbonyl (C=O) groups is 3. The van der Waals surface area contributed by atoms with Crippen molar-refractivity contribution in [2.45, 2.75) is 12.5 Å². The standard InChI is InChI=1S/C8H15N3O6S/c1-18(16,17)3-2-10-8(15)11-5(7(13)14)4-6(9)12/h5H,2-4H2,1H3,(H2,9,12)(H,13,14)(H2,10,11,15)/t5-/m1/s1. The van der Waals surface area contributed by atoms with Gasteiger partial charge < -0.3 is 21.5 Å². The summed E-state index contributed by atoms with van der Waals surface area (Å²) in [6.07, 6.45) is 0.453. The first-order valence-corrected chi connectivity index (χ1v) is 6.91. The number of nitrogens with one attached hydrogen (secondary N) is 2. The fraction of sp³-hybridized carbons (Fsp3) is 0.625. The van der Waals surface area contributed by atoms with Crippen LogP contribution in [-0.2, 0) is 19.4 Å². The molecule has 0 spiro atoms. The minimum atomic E-state index is -3.22. The highest BCUT2D eigenvalue weighted by Gasteiger charge is 2.21. The van der Waals surface area contributed by atoms with Crippen LogP contribution in [0.2, 0.25) is 0 Å². The maximum absolute atomic E-state index is 11.2. The van der Waals surface area contributed by atoms with Gasteiger partial charge in [0.2, 0.25) is 5.91 Å². The Morgan fingerprint density at radius 3 is 2.28 bits per heavy atom. The molecule has 5 N–H and O–H groups in total.